The number of nitrogens with zero attached hydrogens (tertiary/aromatic N) is 4. The molecule has 1 N–H and O–H groups in total. The molecule has 0 spiro atoms. The van der Waals surface area contributed by atoms with E-state index in [-0.39, 0.29) is 17.8 Å². The van der Waals surface area contributed by atoms with Gasteiger partial charge in [0.05, 0.1) is 5.56 Å². The summed E-state index contributed by atoms with van der Waals surface area (Å²) in [6.07, 6.45) is 5.73. The second-order valence-corrected chi connectivity index (χ2v) is 10.2. The van der Waals surface area contributed by atoms with Crippen molar-refractivity contribution in [2.75, 3.05) is 25.0 Å². The van der Waals surface area contributed by atoms with Crippen LogP contribution >= 0.6 is 0 Å². The first-order valence-corrected chi connectivity index (χ1v) is 13.5. The minimum atomic E-state index is -0.647. The van der Waals surface area contributed by atoms with Crippen LogP contribution in [-0.2, 0) is 6.54 Å². The molecule has 0 saturated carbocycles. The molecule has 8 heteroatoms. The second kappa shape index (κ2) is 11.0. The number of carbonyl (C=O) groups is 1. The van der Waals surface area contributed by atoms with E-state index in [1.165, 1.54) is 18.2 Å². The molecular formula is C31H31F2N5O. The maximum absolute atomic E-state index is 14.9. The lowest BCUT2D eigenvalue weighted by molar-refractivity contribution is 0.0445. The van der Waals surface area contributed by atoms with Gasteiger partial charge in [-0.3, -0.25) is 4.79 Å². The number of nitrogens with one attached hydrogen (secondary N) is 1. The summed E-state index contributed by atoms with van der Waals surface area (Å²) in [4.78, 5) is 22.4. The van der Waals surface area contributed by atoms with Crippen molar-refractivity contribution in [1.82, 2.24) is 19.4 Å². The number of anilines is 1. The van der Waals surface area contributed by atoms with Gasteiger partial charge in [0, 0.05) is 54.9 Å². The van der Waals surface area contributed by atoms with Crippen LogP contribution in [0.4, 0.5) is 14.5 Å². The zero-order valence-electron chi connectivity index (χ0n) is 21.6. The Labute approximate surface area is 226 Å². The van der Waals surface area contributed by atoms with Crippen molar-refractivity contribution in [3.8, 4) is 11.4 Å². The van der Waals surface area contributed by atoms with E-state index in [0.29, 0.717) is 16.8 Å². The van der Waals surface area contributed by atoms with Crippen LogP contribution in [0.1, 0.15) is 41.3 Å². The molecule has 4 aromatic rings. The molecule has 39 heavy (non-hydrogen) atoms. The summed E-state index contributed by atoms with van der Waals surface area (Å²) in [5.41, 5.74) is 2.34. The molecule has 0 radical (unpaired) electrons. The maximum Gasteiger partial charge on any atom is 0.258 e. The van der Waals surface area contributed by atoms with Crippen molar-refractivity contribution in [3.63, 3.8) is 0 Å². The first-order chi connectivity index (χ1) is 19.1. The molecule has 1 atom stereocenters. The number of halogens is 2. The fourth-order valence-electron chi connectivity index (χ4n) is 5.82. The number of hydrogen-bond acceptors (Lipinski definition) is 4. The number of likely N-dealkylation sites (tertiary alicyclic amines) is 1. The van der Waals surface area contributed by atoms with Crippen LogP contribution in [0.15, 0.2) is 85.2 Å². The Morgan fingerprint density at radius 3 is 2.49 bits per heavy atom. The van der Waals surface area contributed by atoms with Crippen LogP contribution in [0.25, 0.3) is 11.4 Å². The predicted molar refractivity (Wildman–Crippen MR) is 147 cm³/mol. The van der Waals surface area contributed by atoms with E-state index in [1.807, 2.05) is 30.6 Å². The van der Waals surface area contributed by atoms with Crippen molar-refractivity contribution in [2.24, 2.45) is 0 Å². The van der Waals surface area contributed by atoms with E-state index in [2.05, 4.69) is 31.9 Å². The molecular weight excluding hydrogens is 496 g/mol. The van der Waals surface area contributed by atoms with Crippen LogP contribution in [0, 0.1) is 11.6 Å². The number of aromatic nitrogens is 2. The number of rotatable bonds is 7. The summed E-state index contributed by atoms with van der Waals surface area (Å²) < 4.78 is 31.1. The van der Waals surface area contributed by atoms with Crippen LogP contribution < -0.4 is 5.32 Å². The highest BCUT2D eigenvalue weighted by Crippen LogP contribution is 2.37. The Hall–Kier alpha value is -4.04. The number of hydrogen-bond donors (Lipinski definition) is 1. The molecule has 3 aromatic carbocycles. The monoisotopic (exact) mass is 527 g/mol. The van der Waals surface area contributed by atoms with Gasteiger partial charge in [-0.15, -0.1) is 0 Å². The van der Waals surface area contributed by atoms with Gasteiger partial charge in [0.15, 0.2) is 0 Å². The number of benzene rings is 3. The molecule has 0 bridgehead atoms. The molecule has 0 aliphatic carbocycles. The average Bonchev–Trinajstić information content (AvgIpc) is 3.43. The van der Waals surface area contributed by atoms with E-state index in [9.17, 15) is 13.6 Å². The van der Waals surface area contributed by atoms with E-state index in [1.54, 1.807) is 29.2 Å². The Bertz CT molecular complexity index is 1450. The Balaban J connectivity index is 1.12. The van der Waals surface area contributed by atoms with Gasteiger partial charge in [-0.25, -0.2) is 13.8 Å². The Morgan fingerprint density at radius 1 is 0.923 bits per heavy atom. The highest BCUT2D eigenvalue weighted by molar-refractivity contribution is 6.02. The van der Waals surface area contributed by atoms with E-state index in [0.717, 1.165) is 56.8 Å². The zero-order chi connectivity index (χ0) is 26.8. The molecule has 1 fully saturated rings. The number of fused-ring (bicyclic) bond motifs is 1. The average molecular weight is 528 g/mol. The molecule has 1 aromatic heterocycles. The third kappa shape index (κ3) is 5.16. The van der Waals surface area contributed by atoms with Crippen molar-refractivity contribution in [3.05, 3.63) is 108 Å². The summed E-state index contributed by atoms with van der Waals surface area (Å²) in [5.74, 6) is -0.119. The molecule has 2 aliphatic rings. The van der Waals surface area contributed by atoms with Crippen molar-refractivity contribution < 1.29 is 13.6 Å². The van der Waals surface area contributed by atoms with Crippen LogP contribution in [0.3, 0.4) is 0 Å². The van der Waals surface area contributed by atoms with Crippen LogP contribution in [0.2, 0.25) is 0 Å². The van der Waals surface area contributed by atoms with Gasteiger partial charge in [0.1, 0.15) is 23.6 Å². The minimum Gasteiger partial charge on any atom is -0.361 e. The SMILES string of the molecule is O=C1c2cc(F)ccc2NC(c2ccccc2F)N1C1CCN(CCCn2ccnc2-c2ccccc2)CC1. The molecule has 1 saturated heterocycles. The van der Waals surface area contributed by atoms with Gasteiger partial charge < -0.3 is 19.7 Å². The fraction of sp³-hybridized carbons (Fsp3) is 0.290. The fourth-order valence-corrected chi connectivity index (χ4v) is 5.82. The van der Waals surface area contributed by atoms with Crippen LogP contribution in [0.5, 0.6) is 0 Å². The van der Waals surface area contributed by atoms with Gasteiger partial charge in [0.2, 0.25) is 0 Å². The highest BCUT2D eigenvalue weighted by atomic mass is 19.1. The normalized spacial score (nSPS) is 18.2. The standard InChI is InChI=1S/C31H31F2N5O/c32-23-11-12-28-26(21-23)31(39)38(30(35-28)25-9-4-5-10-27(25)33)24-13-18-36(19-14-24)16-6-17-37-20-15-34-29(37)22-7-2-1-3-8-22/h1-5,7-12,15,20-21,24,30,35H,6,13-14,16-19H2. The van der Waals surface area contributed by atoms with Gasteiger partial charge in [0.25, 0.3) is 5.91 Å². The number of carbonyl (C=O) groups excluding carboxylic acids is 1. The third-order valence-corrected chi connectivity index (χ3v) is 7.79. The van der Waals surface area contributed by atoms with Crippen LogP contribution in [-0.4, -0.2) is 50.9 Å². The summed E-state index contributed by atoms with van der Waals surface area (Å²) in [6, 6.07) is 20.8. The lowest BCUT2D eigenvalue weighted by Crippen LogP contribution is -2.52. The smallest absolute Gasteiger partial charge is 0.258 e. The van der Waals surface area contributed by atoms with Gasteiger partial charge in [-0.1, -0.05) is 48.5 Å². The lowest BCUT2D eigenvalue weighted by Gasteiger charge is -2.45. The van der Waals surface area contributed by atoms with Gasteiger partial charge >= 0.3 is 0 Å². The molecule has 6 rings (SSSR count). The summed E-state index contributed by atoms with van der Waals surface area (Å²) in [7, 11) is 0. The van der Waals surface area contributed by atoms with Crippen molar-refractivity contribution >= 4 is 11.6 Å². The first-order valence-electron chi connectivity index (χ1n) is 13.5. The van der Waals surface area contributed by atoms with Crippen molar-refractivity contribution in [2.45, 2.75) is 38.0 Å². The number of amides is 1. The molecule has 200 valence electrons. The first kappa shape index (κ1) is 25.2. The quantitative estimate of drug-likeness (QED) is 0.323. The highest BCUT2D eigenvalue weighted by Gasteiger charge is 2.39. The Morgan fingerprint density at radius 2 is 1.69 bits per heavy atom. The van der Waals surface area contributed by atoms with Gasteiger partial charge in [-0.2, -0.15) is 0 Å². The molecule has 3 heterocycles. The largest absolute Gasteiger partial charge is 0.361 e. The lowest BCUT2D eigenvalue weighted by atomic mass is 9.96. The topological polar surface area (TPSA) is 53.4 Å². The van der Waals surface area contributed by atoms with E-state index < -0.39 is 12.0 Å². The zero-order valence-corrected chi connectivity index (χ0v) is 21.6. The molecule has 2 aliphatic heterocycles. The predicted octanol–water partition coefficient (Wildman–Crippen LogP) is 5.95. The second-order valence-electron chi connectivity index (χ2n) is 10.2. The summed E-state index contributed by atoms with van der Waals surface area (Å²) in [6.45, 7) is 3.49. The minimum absolute atomic E-state index is 0.0828. The molecule has 6 nitrogen and oxygen atoms in total. The Kier molecular flexibility index (Phi) is 7.11. The maximum atomic E-state index is 14.9. The number of piperidine rings is 1. The third-order valence-electron chi connectivity index (χ3n) is 7.79. The van der Waals surface area contributed by atoms with Crippen molar-refractivity contribution in [1.29, 1.82) is 0 Å². The number of imidazole rings is 1. The molecule has 1 amide bonds. The summed E-state index contributed by atoms with van der Waals surface area (Å²) in [5, 5.41) is 3.32. The van der Waals surface area contributed by atoms with Gasteiger partial charge in [-0.05, 0) is 50.1 Å². The molecule has 1 unspecified atom stereocenters. The number of aryl methyl sites for hydroxylation is 1. The van der Waals surface area contributed by atoms with E-state index in [4.69, 9.17) is 0 Å². The summed E-state index contributed by atoms with van der Waals surface area (Å²) >= 11 is 0. The van der Waals surface area contributed by atoms with E-state index >= 15 is 0 Å².